The Bertz CT molecular complexity index is 676. The molecule has 2 rings (SSSR count). The van der Waals surface area contributed by atoms with Gasteiger partial charge in [-0.15, -0.1) is 0 Å². The van der Waals surface area contributed by atoms with Crippen LogP contribution in [0.15, 0.2) is 30.3 Å². The van der Waals surface area contributed by atoms with Crippen LogP contribution in [-0.4, -0.2) is 0 Å². The summed E-state index contributed by atoms with van der Waals surface area (Å²) in [5.74, 6) is 0.366. The van der Waals surface area contributed by atoms with Gasteiger partial charge in [-0.25, -0.2) is 0 Å². The van der Waals surface area contributed by atoms with Crippen LogP contribution in [0.25, 0.3) is 0 Å². The highest BCUT2D eigenvalue weighted by atomic mass is 35.5. The molecule has 0 spiro atoms. The second-order valence-electron chi connectivity index (χ2n) is 4.48. The molecule has 7 heteroatoms. The Morgan fingerprint density at radius 2 is 1.55 bits per heavy atom. The average molecular weight is 370 g/mol. The number of alkyl halides is 3. The predicted molar refractivity (Wildman–Crippen MR) is 82.4 cm³/mol. The highest BCUT2D eigenvalue weighted by Crippen LogP contribution is 2.42. The Morgan fingerprint density at radius 3 is 2.05 bits per heavy atom. The number of aryl methyl sites for hydroxylation is 1. The first-order valence-corrected chi connectivity index (χ1v) is 7.38. The molecule has 0 heterocycles. The summed E-state index contributed by atoms with van der Waals surface area (Å²) in [7, 11) is 0. The quantitative estimate of drug-likeness (QED) is 0.565. The van der Waals surface area contributed by atoms with Crippen molar-refractivity contribution in [1.29, 1.82) is 0 Å². The summed E-state index contributed by atoms with van der Waals surface area (Å²) in [5, 5.41) is 0.153. The van der Waals surface area contributed by atoms with Crippen molar-refractivity contribution in [1.82, 2.24) is 0 Å². The molecule has 118 valence electrons. The highest BCUT2D eigenvalue weighted by molar-refractivity contribution is 6.37. The van der Waals surface area contributed by atoms with Gasteiger partial charge in [-0.3, -0.25) is 0 Å². The summed E-state index contributed by atoms with van der Waals surface area (Å²) in [6, 6.07) is 6.47. The van der Waals surface area contributed by atoms with Crippen molar-refractivity contribution in [2.75, 3.05) is 0 Å². The van der Waals surface area contributed by atoms with Gasteiger partial charge in [0.05, 0.1) is 15.6 Å². The fraction of sp³-hybridized carbons (Fsp3) is 0.200. The van der Waals surface area contributed by atoms with Gasteiger partial charge in [0.15, 0.2) is 5.75 Å². The summed E-state index contributed by atoms with van der Waals surface area (Å²) < 4.78 is 43.5. The molecule has 0 fully saturated rings. The molecule has 0 atom stereocenters. The lowest BCUT2D eigenvalue weighted by atomic mass is 10.1. The second-order valence-corrected chi connectivity index (χ2v) is 5.70. The van der Waals surface area contributed by atoms with E-state index in [1.807, 2.05) is 6.92 Å². The Morgan fingerprint density at radius 1 is 0.955 bits per heavy atom. The largest absolute Gasteiger partial charge is 0.454 e. The minimum absolute atomic E-state index is 0.0271. The van der Waals surface area contributed by atoms with Gasteiger partial charge in [0.25, 0.3) is 0 Å². The van der Waals surface area contributed by atoms with Crippen LogP contribution < -0.4 is 4.74 Å². The van der Waals surface area contributed by atoms with Crippen molar-refractivity contribution < 1.29 is 17.9 Å². The Labute approximate surface area is 140 Å². The standard InChI is InChI=1S/C15H10Cl3F3O/c1-2-8-5-10(3-4-11(8)16)22-14-12(17)6-9(7-13(14)18)15(19,20)21/h3-7H,2H2,1H3. The lowest BCUT2D eigenvalue weighted by molar-refractivity contribution is -0.137. The molecular formula is C15H10Cl3F3O. The first kappa shape index (κ1) is 17.3. The normalized spacial score (nSPS) is 11.6. The summed E-state index contributed by atoms with van der Waals surface area (Å²) >= 11 is 17.7. The molecule has 2 aromatic rings. The van der Waals surface area contributed by atoms with Crippen LogP contribution >= 0.6 is 34.8 Å². The summed E-state index contributed by atoms with van der Waals surface area (Å²) in [5.41, 5.74) is -0.0847. The molecule has 22 heavy (non-hydrogen) atoms. The Kier molecular flexibility index (Phi) is 5.15. The minimum Gasteiger partial charge on any atom is -0.454 e. The monoisotopic (exact) mass is 368 g/mol. The smallest absolute Gasteiger partial charge is 0.416 e. The molecule has 2 aromatic carbocycles. The van der Waals surface area contributed by atoms with E-state index in [-0.39, 0.29) is 15.8 Å². The van der Waals surface area contributed by atoms with Gasteiger partial charge in [-0.05, 0) is 42.3 Å². The van der Waals surface area contributed by atoms with Crippen LogP contribution in [-0.2, 0) is 12.6 Å². The van der Waals surface area contributed by atoms with E-state index in [4.69, 9.17) is 39.5 Å². The van der Waals surface area contributed by atoms with Gasteiger partial charge >= 0.3 is 6.18 Å². The molecule has 0 aliphatic heterocycles. The summed E-state index contributed by atoms with van der Waals surface area (Å²) in [6.07, 6.45) is -3.84. The maximum Gasteiger partial charge on any atom is 0.416 e. The molecule has 0 aliphatic rings. The fourth-order valence-corrected chi connectivity index (χ4v) is 2.64. The van der Waals surface area contributed by atoms with Crippen molar-refractivity contribution in [2.24, 2.45) is 0 Å². The van der Waals surface area contributed by atoms with Crippen molar-refractivity contribution in [2.45, 2.75) is 19.5 Å². The van der Waals surface area contributed by atoms with Crippen LogP contribution in [0.2, 0.25) is 15.1 Å². The third-order valence-corrected chi connectivity index (χ3v) is 3.87. The lowest BCUT2D eigenvalue weighted by Gasteiger charge is -2.14. The van der Waals surface area contributed by atoms with Crippen LogP contribution in [0.3, 0.4) is 0 Å². The van der Waals surface area contributed by atoms with E-state index in [0.717, 1.165) is 17.7 Å². The molecule has 0 radical (unpaired) electrons. The zero-order valence-corrected chi connectivity index (χ0v) is 13.5. The van der Waals surface area contributed by atoms with Crippen molar-refractivity contribution >= 4 is 34.8 Å². The minimum atomic E-state index is -4.53. The third kappa shape index (κ3) is 3.80. The fourth-order valence-electron chi connectivity index (χ4n) is 1.82. The maximum absolute atomic E-state index is 12.7. The predicted octanol–water partition coefficient (Wildman–Crippen LogP) is 7.02. The van der Waals surface area contributed by atoms with Gasteiger partial charge in [0.1, 0.15) is 5.75 Å². The van der Waals surface area contributed by atoms with E-state index in [1.54, 1.807) is 18.2 Å². The second kappa shape index (κ2) is 6.57. The Hall–Kier alpha value is -1.10. The van der Waals surface area contributed by atoms with Crippen molar-refractivity contribution in [3.8, 4) is 11.5 Å². The molecule has 1 nitrogen and oxygen atoms in total. The molecule has 0 saturated carbocycles. The van der Waals surface area contributed by atoms with Crippen molar-refractivity contribution in [3.05, 3.63) is 56.5 Å². The van der Waals surface area contributed by atoms with Crippen LogP contribution in [0.4, 0.5) is 13.2 Å². The summed E-state index contributed by atoms with van der Waals surface area (Å²) in [6.45, 7) is 1.92. The zero-order chi connectivity index (χ0) is 16.5. The zero-order valence-electron chi connectivity index (χ0n) is 11.3. The van der Waals surface area contributed by atoms with Crippen LogP contribution in [0.1, 0.15) is 18.1 Å². The van der Waals surface area contributed by atoms with Crippen LogP contribution in [0, 0.1) is 0 Å². The van der Waals surface area contributed by atoms with Gasteiger partial charge in [-0.2, -0.15) is 13.2 Å². The molecule has 0 bridgehead atoms. The molecule has 0 aliphatic carbocycles. The SMILES string of the molecule is CCc1cc(Oc2c(Cl)cc(C(F)(F)F)cc2Cl)ccc1Cl. The molecule has 0 amide bonds. The van der Waals surface area contributed by atoms with Crippen LogP contribution in [0.5, 0.6) is 11.5 Å². The first-order chi connectivity index (χ1) is 10.2. The van der Waals surface area contributed by atoms with E-state index in [2.05, 4.69) is 0 Å². The lowest BCUT2D eigenvalue weighted by Crippen LogP contribution is -2.05. The Balaban J connectivity index is 2.38. The van der Waals surface area contributed by atoms with Gasteiger partial charge < -0.3 is 4.74 Å². The average Bonchev–Trinajstić information content (AvgIpc) is 2.43. The topological polar surface area (TPSA) is 9.23 Å². The summed E-state index contributed by atoms with van der Waals surface area (Å²) in [4.78, 5) is 0. The molecule has 0 aromatic heterocycles. The molecule has 0 N–H and O–H groups in total. The first-order valence-electron chi connectivity index (χ1n) is 6.25. The number of ether oxygens (including phenoxy) is 1. The molecule has 0 saturated heterocycles. The van der Waals surface area contributed by atoms with E-state index in [0.29, 0.717) is 17.2 Å². The highest BCUT2D eigenvalue weighted by Gasteiger charge is 2.32. The third-order valence-electron chi connectivity index (χ3n) is 2.94. The number of hydrogen-bond acceptors (Lipinski definition) is 1. The van der Waals surface area contributed by atoms with Gasteiger partial charge in [0.2, 0.25) is 0 Å². The van der Waals surface area contributed by atoms with E-state index in [9.17, 15) is 13.2 Å². The molecular weight excluding hydrogens is 360 g/mol. The van der Waals surface area contributed by atoms with E-state index in [1.165, 1.54) is 0 Å². The van der Waals surface area contributed by atoms with Gasteiger partial charge in [0, 0.05) is 5.02 Å². The molecule has 0 unspecified atom stereocenters. The number of benzene rings is 2. The number of rotatable bonds is 3. The van der Waals surface area contributed by atoms with E-state index >= 15 is 0 Å². The van der Waals surface area contributed by atoms with Gasteiger partial charge in [-0.1, -0.05) is 41.7 Å². The van der Waals surface area contributed by atoms with E-state index < -0.39 is 11.7 Å². The number of halogens is 6. The maximum atomic E-state index is 12.7. The number of hydrogen-bond donors (Lipinski definition) is 0. The van der Waals surface area contributed by atoms with Crippen molar-refractivity contribution in [3.63, 3.8) is 0 Å².